The summed E-state index contributed by atoms with van der Waals surface area (Å²) in [6.45, 7) is 2.53. The largest absolute Gasteiger partial charge is 0.330 e. The first-order valence-electron chi connectivity index (χ1n) is 6.31. The van der Waals surface area contributed by atoms with Gasteiger partial charge in [-0.25, -0.2) is 0 Å². The van der Waals surface area contributed by atoms with Crippen LogP contribution in [0.3, 0.4) is 0 Å². The van der Waals surface area contributed by atoms with Crippen molar-refractivity contribution in [3.8, 4) is 0 Å². The highest BCUT2D eigenvalue weighted by Gasteiger charge is 2.37. The number of halogens is 1. The van der Waals surface area contributed by atoms with E-state index < -0.39 is 0 Å². The van der Waals surface area contributed by atoms with Gasteiger partial charge in [-0.05, 0) is 49.4 Å². The fourth-order valence-corrected chi connectivity index (χ4v) is 2.53. The van der Waals surface area contributed by atoms with E-state index in [0.717, 1.165) is 24.1 Å². The summed E-state index contributed by atoms with van der Waals surface area (Å²) in [6.07, 6.45) is 3.81. The molecule has 1 aromatic carbocycles. The van der Waals surface area contributed by atoms with Gasteiger partial charge in [0.2, 0.25) is 5.91 Å². The Hall–Kier alpha value is -1.06. The number of carbonyl (C=O) groups is 1. The Labute approximate surface area is 113 Å². The minimum absolute atomic E-state index is 0.0278. The summed E-state index contributed by atoms with van der Waals surface area (Å²) < 4.78 is 0. The van der Waals surface area contributed by atoms with Crippen molar-refractivity contribution in [3.63, 3.8) is 0 Å². The molecule has 0 aromatic heterocycles. The summed E-state index contributed by atoms with van der Waals surface area (Å²) >= 11 is 6.02. The second-order valence-electron chi connectivity index (χ2n) is 5.25. The number of nitrogens with one attached hydrogen (secondary N) is 1. The zero-order chi connectivity index (χ0) is 13.2. The van der Waals surface area contributed by atoms with Crippen LogP contribution in [0.2, 0.25) is 5.02 Å². The molecule has 1 fully saturated rings. The third-order valence-corrected chi connectivity index (χ3v) is 4.25. The summed E-state index contributed by atoms with van der Waals surface area (Å²) in [5.74, 6) is 0.0278. The summed E-state index contributed by atoms with van der Waals surface area (Å²) in [5.41, 5.74) is 7.55. The van der Waals surface area contributed by atoms with E-state index in [4.69, 9.17) is 17.3 Å². The maximum atomic E-state index is 12.0. The fourth-order valence-electron chi connectivity index (χ4n) is 2.35. The molecule has 1 amide bonds. The van der Waals surface area contributed by atoms with E-state index in [1.54, 1.807) is 6.07 Å². The van der Waals surface area contributed by atoms with Crippen molar-refractivity contribution in [1.82, 2.24) is 0 Å². The van der Waals surface area contributed by atoms with Gasteiger partial charge in [-0.1, -0.05) is 24.1 Å². The topological polar surface area (TPSA) is 55.1 Å². The van der Waals surface area contributed by atoms with E-state index in [0.29, 0.717) is 18.0 Å². The maximum absolute atomic E-state index is 12.0. The van der Waals surface area contributed by atoms with E-state index >= 15 is 0 Å². The first kappa shape index (κ1) is 13.4. The highest BCUT2D eigenvalue weighted by atomic mass is 35.5. The lowest BCUT2D eigenvalue weighted by molar-refractivity contribution is -0.119. The lowest BCUT2D eigenvalue weighted by atomic mass is 9.66. The smallest absolute Gasteiger partial charge is 0.224 e. The number of hydrogen-bond donors (Lipinski definition) is 2. The molecule has 3 nitrogen and oxygen atoms in total. The second kappa shape index (κ2) is 5.29. The zero-order valence-electron chi connectivity index (χ0n) is 10.6. The molecule has 0 radical (unpaired) electrons. The van der Waals surface area contributed by atoms with Crippen molar-refractivity contribution in [2.24, 2.45) is 11.1 Å². The average molecular weight is 267 g/mol. The molecule has 3 N–H and O–H groups in total. The predicted octanol–water partition coefficient (Wildman–Crippen LogP) is 3.11. The highest BCUT2D eigenvalue weighted by molar-refractivity contribution is 6.31. The Bertz CT molecular complexity index is 450. The second-order valence-corrected chi connectivity index (χ2v) is 5.65. The maximum Gasteiger partial charge on any atom is 0.224 e. The minimum Gasteiger partial charge on any atom is -0.330 e. The molecular weight excluding hydrogens is 248 g/mol. The number of carbonyl (C=O) groups excluding carboxylic acids is 1. The van der Waals surface area contributed by atoms with Crippen molar-refractivity contribution < 1.29 is 4.79 Å². The number of aryl methyl sites for hydroxylation is 1. The van der Waals surface area contributed by atoms with Crippen LogP contribution >= 0.6 is 11.6 Å². The van der Waals surface area contributed by atoms with Crippen molar-refractivity contribution >= 4 is 23.2 Å². The number of nitrogens with two attached hydrogens (primary N) is 1. The quantitative estimate of drug-likeness (QED) is 0.880. The first-order valence-corrected chi connectivity index (χ1v) is 6.69. The minimum atomic E-state index is 0.0278. The van der Waals surface area contributed by atoms with E-state index in [1.807, 2.05) is 19.1 Å². The molecule has 0 heterocycles. The van der Waals surface area contributed by atoms with Crippen LogP contribution in [0.1, 0.15) is 31.2 Å². The third kappa shape index (κ3) is 2.85. The van der Waals surface area contributed by atoms with Crippen LogP contribution in [-0.4, -0.2) is 12.5 Å². The average Bonchev–Trinajstić information content (AvgIpc) is 2.29. The van der Waals surface area contributed by atoms with Gasteiger partial charge in [0.05, 0.1) is 0 Å². The lowest BCUT2D eigenvalue weighted by Gasteiger charge is -2.40. The van der Waals surface area contributed by atoms with Crippen molar-refractivity contribution in [1.29, 1.82) is 0 Å². The van der Waals surface area contributed by atoms with Gasteiger partial charge in [0.15, 0.2) is 0 Å². The number of benzene rings is 1. The molecule has 1 aliphatic carbocycles. The fraction of sp³-hybridized carbons (Fsp3) is 0.500. The molecule has 0 saturated heterocycles. The number of hydrogen-bond acceptors (Lipinski definition) is 2. The Morgan fingerprint density at radius 1 is 1.50 bits per heavy atom. The Balaban J connectivity index is 1.96. The van der Waals surface area contributed by atoms with Crippen LogP contribution in [0.5, 0.6) is 0 Å². The zero-order valence-corrected chi connectivity index (χ0v) is 11.4. The van der Waals surface area contributed by atoms with Gasteiger partial charge in [0, 0.05) is 17.1 Å². The van der Waals surface area contributed by atoms with Gasteiger partial charge < -0.3 is 11.1 Å². The normalized spacial score (nSPS) is 17.1. The van der Waals surface area contributed by atoms with Gasteiger partial charge in [-0.15, -0.1) is 0 Å². The molecular formula is C14H19ClN2O. The van der Waals surface area contributed by atoms with E-state index in [9.17, 15) is 4.79 Å². The molecule has 4 heteroatoms. The number of anilines is 1. The molecule has 1 saturated carbocycles. The summed E-state index contributed by atoms with van der Waals surface area (Å²) in [7, 11) is 0. The highest BCUT2D eigenvalue weighted by Crippen LogP contribution is 2.43. The van der Waals surface area contributed by atoms with Crippen molar-refractivity contribution in [3.05, 3.63) is 28.8 Å². The van der Waals surface area contributed by atoms with Crippen LogP contribution in [0, 0.1) is 12.3 Å². The first-order chi connectivity index (χ1) is 8.54. The monoisotopic (exact) mass is 266 g/mol. The molecule has 98 valence electrons. The van der Waals surface area contributed by atoms with Crippen LogP contribution in [0.25, 0.3) is 0 Å². The van der Waals surface area contributed by atoms with Crippen molar-refractivity contribution in [2.75, 3.05) is 11.9 Å². The molecule has 18 heavy (non-hydrogen) atoms. The molecule has 0 unspecified atom stereocenters. The molecule has 1 aromatic rings. The van der Waals surface area contributed by atoms with E-state index in [1.165, 1.54) is 6.42 Å². The molecule has 0 bridgehead atoms. The van der Waals surface area contributed by atoms with Gasteiger partial charge in [-0.3, -0.25) is 4.79 Å². The lowest BCUT2D eigenvalue weighted by Crippen LogP contribution is -2.40. The van der Waals surface area contributed by atoms with Crippen LogP contribution in [-0.2, 0) is 4.79 Å². The molecule has 1 aliphatic rings. The van der Waals surface area contributed by atoms with E-state index in [2.05, 4.69) is 5.32 Å². The number of amides is 1. The number of rotatable bonds is 4. The van der Waals surface area contributed by atoms with Gasteiger partial charge in [0.25, 0.3) is 0 Å². The van der Waals surface area contributed by atoms with E-state index in [-0.39, 0.29) is 11.3 Å². The molecule has 2 rings (SSSR count). The summed E-state index contributed by atoms with van der Waals surface area (Å²) in [6, 6.07) is 5.56. The standard InChI is InChI=1S/C14H19ClN2O/c1-10-3-4-11(7-12(10)15)17-13(18)8-14(9-16)5-2-6-14/h3-4,7H,2,5-6,8-9,16H2,1H3,(H,17,18). The van der Waals surface area contributed by atoms with Gasteiger partial charge in [-0.2, -0.15) is 0 Å². The van der Waals surface area contributed by atoms with Crippen LogP contribution < -0.4 is 11.1 Å². The Kier molecular flexibility index (Phi) is 3.93. The van der Waals surface area contributed by atoms with Crippen LogP contribution in [0.4, 0.5) is 5.69 Å². The van der Waals surface area contributed by atoms with Crippen molar-refractivity contribution in [2.45, 2.75) is 32.6 Å². The predicted molar refractivity (Wildman–Crippen MR) is 74.8 cm³/mol. The van der Waals surface area contributed by atoms with Crippen LogP contribution in [0.15, 0.2) is 18.2 Å². The SMILES string of the molecule is Cc1ccc(NC(=O)CC2(CN)CCC2)cc1Cl. The van der Waals surface area contributed by atoms with Gasteiger partial charge in [0.1, 0.15) is 0 Å². The molecule has 0 aliphatic heterocycles. The third-order valence-electron chi connectivity index (χ3n) is 3.84. The molecule has 0 atom stereocenters. The Morgan fingerprint density at radius 3 is 2.72 bits per heavy atom. The summed E-state index contributed by atoms with van der Waals surface area (Å²) in [4.78, 5) is 12.0. The molecule has 0 spiro atoms. The van der Waals surface area contributed by atoms with Gasteiger partial charge >= 0.3 is 0 Å². The summed E-state index contributed by atoms with van der Waals surface area (Å²) in [5, 5.41) is 3.56. The Morgan fingerprint density at radius 2 is 2.22 bits per heavy atom.